The first-order valence-electron chi connectivity index (χ1n) is 28.9. The predicted molar refractivity (Wildman–Crippen MR) is 345 cm³/mol. The van der Waals surface area contributed by atoms with Crippen LogP contribution in [0.3, 0.4) is 0 Å². The first-order valence-corrected chi connectivity index (χ1v) is 28.9. The van der Waals surface area contributed by atoms with Gasteiger partial charge in [-0.3, -0.25) is 67.5 Å². The Morgan fingerprint density at radius 2 is 0.468 bits per heavy atom. The van der Waals surface area contributed by atoms with Gasteiger partial charge in [0.05, 0.1) is 22.7 Å². The molecule has 12 amide bonds. The maximum absolute atomic E-state index is 14.1. The van der Waals surface area contributed by atoms with Crippen molar-refractivity contribution >= 4 is 138 Å². The fraction of sp³-hybridized carbons (Fsp3) is 0. The van der Waals surface area contributed by atoms with Crippen LogP contribution < -0.4 is 40.9 Å². The van der Waals surface area contributed by atoms with Gasteiger partial charge in [-0.2, -0.15) is 0 Å². The molecule has 0 aliphatic carbocycles. The number of imide groups is 4. The minimum atomic E-state index is -0.689. The van der Waals surface area contributed by atoms with Crippen molar-refractivity contribution in [1.82, 2.24) is 9.97 Å². The lowest BCUT2D eigenvalue weighted by atomic mass is 9.85. The Hall–Kier alpha value is -13.8. The van der Waals surface area contributed by atoms with Crippen molar-refractivity contribution in [3.05, 3.63) is 286 Å². The molecule has 22 heteroatoms. The molecule has 0 unspecified atom stereocenters. The monoisotopic (exact) mass is 1240 g/mol. The van der Waals surface area contributed by atoms with Crippen LogP contribution in [0.2, 0.25) is 0 Å². The van der Waals surface area contributed by atoms with Gasteiger partial charge < -0.3 is 21.3 Å². The SMILES string of the molecule is O=C(Nc1cccc(NC(=O)c2cccc(C(=O)Nc3cccc(NC(=O)c4ccc(N5C(=O)c6ccc7c8c(ccc(c68)C5=O)C(=O)N(c5ccncc5)C7=O)cc4)c3)c2)c1)c1ccc(N2C(=O)c3ccc4c5c(ccc(c35)C2=O)C(=O)N(c2ccncc2)C4=O)cc1. The molecule has 0 radical (unpaired) electrons. The molecule has 0 spiro atoms. The normalized spacial score (nSPS) is 13.8. The molecule has 4 aliphatic heterocycles. The van der Waals surface area contributed by atoms with Gasteiger partial charge in [-0.15, -0.1) is 0 Å². The van der Waals surface area contributed by atoms with Crippen molar-refractivity contribution in [1.29, 1.82) is 0 Å². The van der Waals surface area contributed by atoms with Gasteiger partial charge in [0.15, 0.2) is 0 Å². The molecule has 94 heavy (non-hydrogen) atoms. The van der Waals surface area contributed by atoms with Crippen LogP contribution in [0.15, 0.2) is 219 Å². The molecule has 11 aromatic rings. The van der Waals surface area contributed by atoms with Crippen molar-refractivity contribution in [2.75, 3.05) is 40.9 Å². The van der Waals surface area contributed by atoms with Crippen molar-refractivity contribution in [2.45, 2.75) is 0 Å². The van der Waals surface area contributed by atoms with E-state index in [1.165, 1.54) is 183 Å². The second-order valence-corrected chi connectivity index (χ2v) is 22.0. The van der Waals surface area contributed by atoms with E-state index >= 15 is 0 Å². The molecule has 4 aliphatic rings. The van der Waals surface area contributed by atoms with Crippen LogP contribution in [0.1, 0.15) is 124 Å². The molecule has 22 nitrogen and oxygen atoms in total. The first kappa shape index (κ1) is 56.7. The van der Waals surface area contributed by atoms with E-state index in [-0.39, 0.29) is 99.7 Å². The number of amides is 12. The number of hydrogen-bond donors (Lipinski definition) is 4. The largest absolute Gasteiger partial charge is 0.322 e. The van der Waals surface area contributed by atoms with Crippen LogP contribution in [-0.4, -0.2) is 80.9 Å². The molecular formula is C72H40N10O12. The Labute approximate surface area is 529 Å². The van der Waals surface area contributed by atoms with Gasteiger partial charge in [0.25, 0.3) is 70.9 Å². The lowest BCUT2D eigenvalue weighted by Crippen LogP contribution is -2.43. The fourth-order valence-corrected chi connectivity index (χ4v) is 12.2. The number of nitrogens with zero attached hydrogens (tertiary/aromatic N) is 6. The molecule has 0 saturated carbocycles. The summed E-state index contributed by atoms with van der Waals surface area (Å²) < 4.78 is 0. The molecule has 4 N–H and O–H groups in total. The lowest BCUT2D eigenvalue weighted by molar-refractivity contribution is 0.0873. The van der Waals surface area contributed by atoms with Crippen LogP contribution in [0.25, 0.3) is 21.5 Å². The number of hydrogen-bond acceptors (Lipinski definition) is 14. The summed E-state index contributed by atoms with van der Waals surface area (Å²) in [6, 6.07) is 48.0. The van der Waals surface area contributed by atoms with Gasteiger partial charge in [0, 0.05) is 136 Å². The van der Waals surface area contributed by atoms with Crippen molar-refractivity contribution in [3.63, 3.8) is 0 Å². The van der Waals surface area contributed by atoms with E-state index in [1.54, 1.807) is 36.4 Å². The van der Waals surface area contributed by atoms with Gasteiger partial charge in [-0.05, 0) is 176 Å². The Balaban J connectivity index is 0.564. The smallest absolute Gasteiger partial charge is 0.265 e. The van der Waals surface area contributed by atoms with Crippen LogP contribution >= 0.6 is 0 Å². The summed E-state index contributed by atoms with van der Waals surface area (Å²) >= 11 is 0. The molecule has 2 aromatic heterocycles. The molecular weight excluding hydrogens is 1200 g/mol. The van der Waals surface area contributed by atoms with Crippen LogP contribution in [0.4, 0.5) is 45.5 Å². The molecule has 450 valence electrons. The van der Waals surface area contributed by atoms with Gasteiger partial charge in [-0.1, -0.05) is 18.2 Å². The van der Waals surface area contributed by atoms with Crippen molar-refractivity contribution < 1.29 is 57.5 Å². The molecule has 15 rings (SSSR count). The van der Waals surface area contributed by atoms with E-state index in [9.17, 15) is 57.5 Å². The van der Waals surface area contributed by atoms with E-state index < -0.39 is 70.9 Å². The highest BCUT2D eigenvalue weighted by Crippen LogP contribution is 2.43. The summed E-state index contributed by atoms with van der Waals surface area (Å²) in [5.74, 6) is -7.45. The topological polar surface area (TPSA) is 292 Å². The van der Waals surface area contributed by atoms with Gasteiger partial charge >= 0.3 is 0 Å². The second kappa shape index (κ2) is 22.1. The highest BCUT2D eigenvalue weighted by molar-refractivity contribution is 6.44. The number of anilines is 8. The maximum Gasteiger partial charge on any atom is 0.265 e. The van der Waals surface area contributed by atoms with Gasteiger partial charge in [0.1, 0.15) is 0 Å². The zero-order valence-electron chi connectivity index (χ0n) is 48.4. The number of aromatic nitrogens is 2. The van der Waals surface area contributed by atoms with Gasteiger partial charge in [-0.25, -0.2) is 19.6 Å². The summed E-state index contributed by atoms with van der Waals surface area (Å²) in [5.41, 5.74) is 3.87. The maximum atomic E-state index is 14.1. The number of carbonyl (C=O) groups excluding carboxylic acids is 12. The van der Waals surface area contributed by atoms with Crippen LogP contribution in [-0.2, 0) is 0 Å². The molecule has 9 aromatic carbocycles. The zero-order chi connectivity index (χ0) is 64.8. The lowest BCUT2D eigenvalue weighted by Gasteiger charge is -2.31. The Morgan fingerprint density at radius 3 is 0.723 bits per heavy atom. The summed E-state index contributed by atoms with van der Waals surface area (Å²) in [7, 11) is 0. The van der Waals surface area contributed by atoms with E-state index in [0.29, 0.717) is 34.1 Å². The Bertz CT molecular complexity index is 4840. The van der Waals surface area contributed by atoms with E-state index in [4.69, 9.17) is 0 Å². The fourth-order valence-electron chi connectivity index (χ4n) is 12.2. The van der Waals surface area contributed by atoms with Gasteiger partial charge in [0.2, 0.25) is 0 Å². The average Bonchev–Trinajstić information content (AvgIpc) is 0.719. The third-order valence-corrected chi connectivity index (χ3v) is 16.6. The van der Waals surface area contributed by atoms with E-state index in [2.05, 4.69) is 31.2 Å². The molecule has 0 saturated heterocycles. The highest BCUT2D eigenvalue weighted by atomic mass is 16.2. The minimum Gasteiger partial charge on any atom is -0.322 e. The number of pyridine rings is 2. The van der Waals surface area contributed by atoms with Crippen LogP contribution in [0, 0.1) is 0 Å². The molecule has 0 bridgehead atoms. The Morgan fingerprint density at radius 1 is 0.245 bits per heavy atom. The molecule has 0 atom stereocenters. The zero-order valence-corrected chi connectivity index (χ0v) is 48.4. The minimum absolute atomic E-state index is 0.112. The third-order valence-electron chi connectivity index (χ3n) is 16.6. The molecule has 0 fully saturated rings. The number of nitrogens with one attached hydrogen (secondary N) is 4. The van der Waals surface area contributed by atoms with E-state index in [0.717, 1.165) is 19.6 Å². The van der Waals surface area contributed by atoms with Crippen molar-refractivity contribution in [2.24, 2.45) is 0 Å². The number of benzene rings is 9. The molecule has 6 heterocycles. The third kappa shape index (κ3) is 9.28. The first-order chi connectivity index (χ1) is 45.6. The predicted octanol–water partition coefficient (Wildman–Crippen LogP) is 11.0. The highest BCUT2D eigenvalue weighted by Gasteiger charge is 2.43. The average molecular weight is 1240 g/mol. The summed E-state index contributed by atoms with van der Waals surface area (Å²) in [6.07, 6.45) is 5.83. The summed E-state index contributed by atoms with van der Waals surface area (Å²) in [5, 5.41) is 12.0. The summed E-state index contributed by atoms with van der Waals surface area (Å²) in [4.78, 5) is 178. The van der Waals surface area contributed by atoms with E-state index in [1.807, 2.05) is 0 Å². The summed E-state index contributed by atoms with van der Waals surface area (Å²) in [6.45, 7) is 0. The number of rotatable bonds is 12. The quantitative estimate of drug-likeness (QED) is 0.0828. The Kier molecular flexibility index (Phi) is 13.3. The van der Waals surface area contributed by atoms with Crippen LogP contribution in [0.5, 0.6) is 0 Å². The van der Waals surface area contributed by atoms with Crippen molar-refractivity contribution in [3.8, 4) is 0 Å². The number of carbonyl (C=O) groups is 12. The standard InChI is InChI=1S/C72H40N10O12/c83-61(37-10-14-45(15-11-37)79-65(87)49-18-22-53-59-54(23-19-50(57(49)59)66(79)88)70(92)81(69(53)91)47-26-30-73-31-27-47)75-41-6-2-8-43(35-41)77-63(85)39-4-1-5-40(34-39)64(86)78-44-9-3-7-42(36-44)76-62(84)38-12-16-46(17-13-38)80-67(89)51-20-24-55-60-56(25-21-52(58(51)60)68(80)90)72(94)82(71(55)93)48-28-32-74-33-29-48/h1-36H,(H,75,83)(H,76,84)(H,77,85)(H,78,86). The second-order valence-electron chi connectivity index (χ2n) is 22.0.